The molecule has 0 unspecified atom stereocenters. The maximum absolute atomic E-state index is 12.9. The van der Waals surface area contributed by atoms with Gasteiger partial charge in [0, 0.05) is 31.1 Å². The lowest BCUT2D eigenvalue weighted by atomic mass is 9.97. The lowest BCUT2D eigenvalue weighted by molar-refractivity contribution is 0.0652. The van der Waals surface area contributed by atoms with E-state index in [0.717, 1.165) is 60.7 Å². The molecule has 0 N–H and O–H groups in total. The Labute approximate surface area is 155 Å². The van der Waals surface area contributed by atoms with Crippen molar-refractivity contribution in [2.24, 2.45) is 0 Å². The van der Waals surface area contributed by atoms with Crippen LogP contribution < -0.4 is 0 Å². The zero-order valence-corrected chi connectivity index (χ0v) is 16.0. The predicted molar refractivity (Wildman–Crippen MR) is 101 cm³/mol. The first-order valence-electron chi connectivity index (χ1n) is 9.27. The average Bonchev–Trinajstić information content (AvgIpc) is 3.23. The third kappa shape index (κ3) is 2.43. The number of piperazine rings is 1. The fourth-order valence-corrected chi connectivity index (χ4v) is 5.30. The molecule has 136 valence electrons. The van der Waals surface area contributed by atoms with E-state index >= 15 is 0 Å². The largest absolute Gasteiger partial charge is 0.333 e. The smallest absolute Gasteiger partial charge is 0.293 e. The monoisotopic (exact) mass is 370 g/mol. The number of aromatic nitrogens is 4. The van der Waals surface area contributed by atoms with E-state index in [4.69, 9.17) is 4.98 Å². The van der Waals surface area contributed by atoms with Gasteiger partial charge in [-0.1, -0.05) is 0 Å². The first-order chi connectivity index (χ1) is 12.6. The molecule has 8 heteroatoms. The summed E-state index contributed by atoms with van der Waals surface area (Å²) in [4.78, 5) is 28.9. The van der Waals surface area contributed by atoms with E-state index in [2.05, 4.69) is 22.0 Å². The molecule has 0 bridgehead atoms. The zero-order valence-electron chi connectivity index (χ0n) is 15.2. The van der Waals surface area contributed by atoms with Gasteiger partial charge < -0.3 is 9.80 Å². The Morgan fingerprint density at radius 2 is 1.85 bits per heavy atom. The number of carbonyl (C=O) groups excluding carboxylic acids is 1. The molecule has 1 fully saturated rings. The Morgan fingerprint density at radius 3 is 2.65 bits per heavy atom. The number of aryl methyl sites for hydroxylation is 3. The number of hydrogen-bond acceptors (Lipinski definition) is 6. The van der Waals surface area contributed by atoms with Crippen LogP contribution in [0.2, 0.25) is 0 Å². The number of thiophene rings is 1. The molecule has 1 saturated heterocycles. The Balaban J connectivity index is 1.62. The topological polar surface area (TPSA) is 66.6 Å². The molecule has 2 aliphatic rings. The third-order valence-corrected chi connectivity index (χ3v) is 6.72. The van der Waals surface area contributed by atoms with E-state index in [0.29, 0.717) is 5.82 Å². The number of likely N-dealkylation sites (N-methyl/N-ethyl adjacent to an activating group) is 1. The highest BCUT2D eigenvalue weighted by molar-refractivity contribution is 7.19. The first-order valence-corrected chi connectivity index (χ1v) is 10.1. The van der Waals surface area contributed by atoms with Crippen molar-refractivity contribution in [1.29, 1.82) is 0 Å². The zero-order chi connectivity index (χ0) is 17.8. The van der Waals surface area contributed by atoms with Crippen molar-refractivity contribution < 1.29 is 4.79 Å². The average molecular weight is 370 g/mol. The summed E-state index contributed by atoms with van der Waals surface area (Å²) in [5.74, 6) is 1.01. The fourth-order valence-electron chi connectivity index (χ4n) is 4.00. The van der Waals surface area contributed by atoms with Crippen LogP contribution in [0.1, 0.15) is 39.7 Å². The van der Waals surface area contributed by atoms with Crippen molar-refractivity contribution in [3.05, 3.63) is 22.1 Å². The molecule has 0 saturated carbocycles. The van der Waals surface area contributed by atoms with Gasteiger partial charge in [-0.15, -0.1) is 16.4 Å². The third-order valence-electron chi connectivity index (χ3n) is 5.54. The predicted octanol–water partition coefficient (Wildman–Crippen LogP) is 1.91. The van der Waals surface area contributed by atoms with Crippen molar-refractivity contribution in [3.8, 4) is 0 Å². The summed E-state index contributed by atoms with van der Waals surface area (Å²) in [5, 5.41) is 5.64. The van der Waals surface area contributed by atoms with Crippen LogP contribution in [0.15, 0.2) is 0 Å². The molecule has 0 spiro atoms. The van der Waals surface area contributed by atoms with Gasteiger partial charge in [0.15, 0.2) is 5.65 Å². The lowest BCUT2D eigenvalue weighted by Crippen LogP contribution is -2.47. The van der Waals surface area contributed by atoms with Crippen LogP contribution in [0.25, 0.3) is 15.9 Å². The molecule has 7 nitrogen and oxygen atoms in total. The number of fused-ring (bicyclic) bond motifs is 5. The summed E-state index contributed by atoms with van der Waals surface area (Å²) in [7, 11) is 2.08. The molecular weight excluding hydrogens is 348 g/mol. The van der Waals surface area contributed by atoms with Crippen LogP contribution in [0.3, 0.4) is 0 Å². The van der Waals surface area contributed by atoms with E-state index in [1.54, 1.807) is 15.9 Å². The van der Waals surface area contributed by atoms with Crippen molar-refractivity contribution in [2.45, 2.75) is 32.6 Å². The van der Waals surface area contributed by atoms with Gasteiger partial charge in [-0.2, -0.15) is 4.52 Å². The highest BCUT2D eigenvalue weighted by Crippen LogP contribution is 2.37. The van der Waals surface area contributed by atoms with Crippen LogP contribution >= 0.6 is 11.3 Å². The number of rotatable bonds is 1. The SMILES string of the molecule is Cc1nc2sc3c(c2c2nc(C(=O)N4CCN(C)CC4)nn12)CCCC3. The van der Waals surface area contributed by atoms with Crippen LogP contribution in [0.4, 0.5) is 0 Å². The van der Waals surface area contributed by atoms with Crippen molar-refractivity contribution in [2.75, 3.05) is 33.2 Å². The maximum Gasteiger partial charge on any atom is 0.293 e. The molecule has 26 heavy (non-hydrogen) atoms. The highest BCUT2D eigenvalue weighted by Gasteiger charge is 2.26. The Bertz CT molecular complexity index is 1010. The van der Waals surface area contributed by atoms with Gasteiger partial charge in [-0.25, -0.2) is 9.97 Å². The summed E-state index contributed by atoms with van der Waals surface area (Å²) < 4.78 is 1.76. The lowest BCUT2D eigenvalue weighted by Gasteiger charge is -2.31. The minimum atomic E-state index is -0.0709. The standard InChI is InChI=1S/C18H22N6OS/c1-11-19-17-14(12-5-3-4-6-13(12)26-17)16-20-15(21-24(11)16)18(25)23-9-7-22(2)8-10-23/h3-10H2,1-2H3. The summed E-state index contributed by atoms with van der Waals surface area (Å²) in [6, 6.07) is 0. The second-order valence-corrected chi connectivity index (χ2v) is 8.40. The fraction of sp³-hybridized carbons (Fsp3) is 0.556. The molecule has 4 heterocycles. The molecule has 1 aliphatic heterocycles. The molecule has 3 aromatic heterocycles. The summed E-state index contributed by atoms with van der Waals surface area (Å²) >= 11 is 1.78. The summed E-state index contributed by atoms with van der Waals surface area (Å²) in [6.45, 7) is 5.17. The van der Waals surface area contributed by atoms with Crippen LogP contribution in [0.5, 0.6) is 0 Å². The molecule has 0 atom stereocenters. The van der Waals surface area contributed by atoms with Crippen LogP contribution in [-0.4, -0.2) is 68.5 Å². The van der Waals surface area contributed by atoms with E-state index in [1.165, 1.54) is 23.3 Å². The van der Waals surface area contributed by atoms with Gasteiger partial charge in [0.25, 0.3) is 5.91 Å². The first kappa shape index (κ1) is 16.1. The van der Waals surface area contributed by atoms with Gasteiger partial charge in [0.05, 0.1) is 5.39 Å². The van der Waals surface area contributed by atoms with E-state index < -0.39 is 0 Å². The second kappa shape index (κ2) is 5.99. The molecule has 0 radical (unpaired) electrons. The quantitative estimate of drug-likeness (QED) is 0.655. The van der Waals surface area contributed by atoms with Crippen molar-refractivity contribution in [1.82, 2.24) is 29.4 Å². The summed E-state index contributed by atoms with van der Waals surface area (Å²) in [6.07, 6.45) is 4.65. The van der Waals surface area contributed by atoms with Gasteiger partial charge in [-0.05, 0) is 45.2 Å². The molecule has 0 aromatic carbocycles. The van der Waals surface area contributed by atoms with Gasteiger partial charge >= 0.3 is 0 Å². The van der Waals surface area contributed by atoms with Crippen LogP contribution in [-0.2, 0) is 12.8 Å². The molecular formula is C18H22N6OS. The van der Waals surface area contributed by atoms with E-state index in [-0.39, 0.29) is 5.91 Å². The minimum Gasteiger partial charge on any atom is -0.333 e. The number of carbonyl (C=O) groups is 1. The van der Waals surface area contributed by atoms with Crippen molar-refractivity contribution in [3.63, 3.8) is 0 Å². The van der Waals surface area contributed by atoms with Crippen LogP contribution in [0, 0.1) is 6.92 Å². The minimum absolute atomic E-state index is 0.0709. The maximum atomic E-state index is 12.9. The van der Waals surface area contributed by atoms with Gasteiger partial charge in [0.2, 0.25) is 5.82 Å². The normalized spacial score (nSPS) is 18.6. The Morgan fingerprint density at radius 1 is 1.08 bits per heavy atom. The van der Waals surface area contributed by atoms with E-state index in [9.17, 15) is 4.79 Å². The molecule has 1 aliphatic carbocycles. The number of amides is 1. The van der Waals surface area contributed by atoms with Gasteiger partial charge in [0.1, 0.15) is 10.7 Å². The highest BCUT2D eigenvalue weighted by atomic mass is 32.1. The molecule has 5 rings (SSSR count). The Kier molecular flexibility index (Phi) is 3.72. The molecule has 3 aromatic rings. The summed E-state index contributed by atoms with van der Waals surface area (Å²) in [5.41, 5.74) is 2.17. The second-order valence-electron chi connectivity index (χ2n) is 7.32. The number of nitrogens with zero attached hydrogens (tertiary/aromatic N) is 6. The molecule has 1 amide bonds. The van der Waals surface area contributed by atoms with Crippen molar-refractivity contribution >= 4 is 33.1 Å². The van der Waals surface area contributed by atoms with E-state index in [1.807, 2.05) is 11.8 Å². The number of hydrogen-bond donors (Lipinski definition) is 0. The Hall–Kier alpha value is -2.06. The van der Waals surface area contributed by atoms with Gasteiger partial charge in [-0.3, -0.25) is 4.79 Å².